The predicted molar refractivity (Wildman–Crippen MR) is 98.3 cm³/mol. The highest BCUT2D eigenvalue weighted by Crippen LogP contribution is 2.32. The summed E-state index contributed by atoms with van der Waals surface area (Å²) in [4.78, 5) is 30.6. The average Bonchev–Trinajstić information content (AvgIpc) is 3.07. The number of ketones is 1. The molecule has 24 heavy (non-hydrogen) atoms. The summed E-state index contributed by atoms with van der Waals surface area (Å²) in [6, 6.07) is 11.3. The number of Topliss-reactive ketones (excluding diaryl/α,β-unsaturated/α-hetero) is 1. The van der Waals surface area contributed by atoms with Crippen LogP contribution in [0.25, 0.3) is 15.9 Å². The van der Waals surface area contributed by atoms with E-state index in [1.54, 1.807) is 4.57 Å². The molecule has 2 heterocycles. The van der Waals surface area contributed by atoms with E-state index >= 15 is 0 Å². The molecular weight excluding hydrogens is 340 g/mol. The van der Waals surface area contributed by atoms with E-state index in [9.17, 15) is 9.59 Å². The average molecular weight is 356 g/mol. The minimum absolute atomic E-state index is 0.0711. The molecule has 1 aromatic carbocycles. The van der Waals surface area contributed by atoms with E-state index in [-0.39, 0.29) is 16.6 Å². The quantitative estimate of drug-likeness (QED) is 0.664. The molecule has 1 aliphatic carbocycles. The van der Waals surface area contributed by atoms with Gasteiger partial charge in [-0.2, -0.15) is 0 Å². The van der Waals surface area contributed by atoms with Gasteiger partial charge in [0.2, 0.25) is 0 Å². The molecule has 4 rings (SSSR count). The second kappa shape index (κ2) is 6.53. The maximum atomic E-state index is 13.0. The van der Waals surface area contributed by atoms with Crippen molar-refractivity contribution >= 4 is 39.1 Å². The summed E-state index contributed by atoms with van der Waals surface area (Å²) in [6.07, 6.45) is 3.52. The summed E-state index contributed by atoms with van der Waals surface area (Å²) in [5.74, 6) is 0.270. The number of benzene rings is 1. The van der Waals surface area contributed by atoms with Crippen LogP contribution in [0.5, 0.6) is 0 Å². The highest BCUT2D eigenvalue weighted by atomic mass is 32.2. The summed E-state index contributed by atoms with van der Waals surface area (Å²) in [5, 5.41) is 3.02. The number of nitrogens with zero attached hydrogens (tertiary/aromatic N) is 2. The minimum Gasteiger partial charge on any atom is -0.298 e. The van der Waals surface area contributed by atoms with Crippen molar-refractivity contribution in [1.82, 2.24) is 9.55 Å². The number of para-hydroxylation sites is 1. The lowest BCUT2D eigenvalue weighted by Crippen LogP contribution is -2.25. The Morgan fingerprint density at radius 3 is 2.75 bits per heavy atom. The number of carbonyl (C=O) groups is 1. The SMILES string of the molecule is O=C1CCCC[C@H]1Sc1nc2sccc2c(=O)n1-c1ccccc1. The molecule has 0 spiro atoms. The number of fused-ring (bicyclic) bond motifs is 1. The van der Waals surface area contributed by atoms with E-state index in [1.807, 2.05) is 41.8 Å². The Morgan fingerprint density at radius 2 is 1.96 bits per heavy atom. The highest BCUT2D eigenvalue weighted by molar-refractivity contribution is 8.00. The molecule has 122 valence electrons. The monoisotopic (exact) mass is 356 g/mol. The molecule has 0 unspecified atom stereocenters. The van der Waals surface area contributed by atoms with Crippen molar-refractivity contribution in [2.45, 2.75) is 36.1 Å². The van der Waals surface area contributed by atoms with Gasteiger partial charge >= 0.3 is 0 Å². The first kappa shape index (κ1) is 15.6. The molecule has 1 fully saturated rings. The molecule has 1 atom stereocenters. The summed E-state index contributed by atoms with van der Waals surface area (Å²) >= 11 is 2.90. The number of thiophene rings is 1. The van der Waals surface area contributed by atoms with Crippen LogP contribution in [0, 0.1) is 0 Å². The first-order valence-corrected chi connectivity index (χ1v) is 9.75. The van der Waals surface area contributed by atoms with Crippen LogP contribution < -0.4 is 5.56 Å². The van der Waals surface area contributed by atoms with Gasteiger partial charge in [0.15, 0.2) is 5.16 Å². The van der Waals surface area contributed by atoms with Gasteiger partial charge in [-0.15, -0.1) is 11.3 Å². The second-order valence-electron chi connectivity index (χ2n) is 5.83. The fraction of sp³-hybridized carbons (Fsp3) is 0.278. The topological polar surface area (TPSA) is 52.0 Å². The van der Waals surface area contributed by atoms with Crippen molar-refractivity contribution in [2.24, 2.45) is 0 Å². The Kier molecular flexibility index (Phi) is 4.24. The van der Waals surface area contributed by atoms with Crippen molar-refractivity contribution in [3.05, 3.63) is 52.1 Å². The van der Waals surface area contributed by atoms with Gasteiger partial charge < -0.3 is 0 Å². The minimum atomic E-state index is -0.0991. The molecule has 0 aliphatic heterocycles. The van der Waals surface area contributed by atoms with E-state index < -0.39 is 0 Å². The Labute approximate surface area is 147 Å². The van der Waals surface area contributed by atoms with Gasteiger partial charge in [-0.3, -0.25) is 14.2 Å². The van der Waals surface area contributed by atoms with Crippen LogP contribution in [-0.2, 0) is 4.79 Å². The van der Waals surface area contributed by atoms with E-state index in [4.69, 9.17) is 4.98 Å². The number of carbonyl (C=O) groups excluding carboxylic acids is 1. The molecule has 0 N–H and O–H groups in total. The van der Waals surface area contributed by atoms with Crippen LogP contribution >= 0.6 is 23.1 Å². The summed E-state index contributed by atoms with van der Waals surface area (Å²) in [7, 11) is 0. The van der Waals surface area contributed by atoms with Gasteiger partial charge in [0.25, 0.3) is 5.56 Å². The molecule has 2 aromatic heterocycles. The molecule has 1 aliphatic rings. The number of hydrogen-bond acceptors (Lipinski definition) is 5. The third kappa shape index (κ3) is 2.80. The number of hydrogen-bond donors (Lipinski definition) is 0. The van der Waals surface area contributed by atoms with Crippen molar-refractivity contribution in [1.29, 1.82) is 0 Å². The molecule has 0 saturated heterocycles. The first-order chi connectivity index (χ1) is 11.7. The van der Waals surface area contributed by atoms with Crippen molar-refractivity contribution in [2.75, 3.05) is 0 Å². The molecule has 4 nitrogen and oxygen atoms in total. The molecular formula is C18H16N2O2S2. The lowest BCUT2D eigenvalue weighted by atomic mass is 9.99. The van der Waals surface area contributed by atoms with Gasteiger partial charge in [0, 0.05) is 6.42 Å². The maximum absolute atomic E-state index is 13.0. The number of aromatic nitrogens is 2. The molecule has 3 aromatic rings. The lowest BCUT2D eigenvalue weighted by molar-refractivity contribution is -0.119. The van der Waals surface area contributed by atoms with Gasteiger partial charge in [-0.05, 0) is 36.4 Å². The van der Waals surface area contributed by atoms with Crippen LogP contribution in [0.1, 0.15) is 25.7 Å². The molecule has 0 bridgehead atoms. The van der Waals surface area contributed by atoms with Gasteiger partial charge in [0.1, 0.15) is 10.6 Å². The maximum Gasteiger partial charge on any atom is 0.267 e. The van der Waals surface area contributed by atoms with Crippen molar-refractivity contribution in [3.8, 4) is 5.69 Å². The van der Waals surface area contributed by atoms with E-state index in [1.165, 1.54) is 23.1 Å². The standard InChI is InChI=1S/C18H16N2O2S2/c21-14-8-4-5-9-15(14)24-18-19-16-13(10-11-23-16)17(22)20(18)12-6-2-1-3-7-12/h1-3,6-7,10-11,15H,4-5,8-9H2/t15-/m1/s1. The van der Waals surface area contributed by atoms with Crippen LogP contribution in [0.3, 0.4) is 0 Å². The van der Waals surface area contributed by atoms with E-state index in [0.29, 0.717) is 17.0 Å². The Bertz CT molecular complexity index is 947. The Morgan fingerprint density at radius 1 is 1.12 bits per heavy atom. The third-order valence-electron chi connectivity index (χ3n) is 4.23. The number of rotatable bonds is 3. The summed E-state index contributed by atoms with van der Waals surface area (Å²) in [5.41, 5.74) is 0.715. The van der Waals surface area contributed by atoms with Gasteiger partial charge in [-0.1, -0.05) is 36.4 Å². The smallest absolute Gasteiger partial charge is 0.267 e. The Hall–Kier alpha value is -1.92. The molecule has 0 amide bonds. The summed E-state index contributed by atoms with van der Waals surface area (Å²) < 4.78 is 1.64. The van der Waals surface area contributed by atoms with Crippen molar-refractivity contribution < 1.29 is 4.79 Å². The molecule has 0 radical (unpaired) electrons. The number of thioether (sulfide) groups is 1. The van der Waals surface area contributed by atoms with Gasteiger partial charge in [-0.25, -0.2) is 4.98 Å². The van der Waals surface area contributed by atoms with Crippen LogP contribution in [0.4, 0.5) is 0 Å². The molecule has 6 heteroatoms. The fourth-order valence-electron chi connectivity index (χ4n) is 2.98. The lowest BCUT2D eigenvalue weighted by Gasteiger charge is -2.21. The van der Waals surface area contributed by atoms with E-state index in [2.05, 4.69) is 0 Å². The zero-order valence-electron chi connectivity index (χ0n) is 13.0. The van der Waals surface area contributed by atoms with Crippen LogP contribution in [-0.4, -0.2) is 20.6 Å². The highest BCUT2D eigenvalue weighted by Gasteiger charge is 2.26. The van der Waals surface area contributed by atoms with Crippen LogP contribution in [0.2, 0.25) is 0 Å². The largest absolute Gasteiger partial charge is 0.298 e. The molecule has 1 saturated carbocycles. The first-order valence-electron chi connectivity index (χ1n) is 7.99. The normalized spacial score (nSPS) is 18.2. The van der Waals surface area contributed by atoms with Gasteiger partial charge in [0.05, 0.1) is 16.3 Å². The zero-order chi connectivity index (χ0) is 16.5. The third-order valence-corrected chi connectivity index (χ3v) is 6.30. The predicted octanol–water partition coefficient (Wildman–Crippen LogP) is 4.05. The fourth-order valence-corrected chi connectivity index (χ4v) is 5.02. The zero-order valence-corrected chi connectivity index (χ0v) is 14.6. The Balaban J connectivity index is 1.86. The van der Waals surface area contributed by atoms with Crippen LogP contribution in [0.15, 0.2) is 51.7 Å². The second-order valence-corrected chi connectivity index (χ2v) is 7.89. The van der Waals surface area contributed by atoms with Crippen molar-refractivity contribution in [3.63, 3.8) is 0 Å². The summed E-state index contributed by atoms with van der Waals surface area (Å²) in [6.45, 7) is 0. The van der Waals surface area contributed by atoms with E-state index in [0.717, 1.165) is 29.8 Å².